The van der Waals surface area contributed by atoms with E-state index in [-0.39, 0.29) is 0 Å². The van der Waals surface area contributed by atoms with E-state index in [0.29, 0.717) is 10.0 Å². The van der Waals surface area contributed by atoms with Gasteiger partial charge in [-0.2, -0.15) is 0 Å². The molecule has 0 fully saturated rings. The number of benzene rings is 1. The van der Waals surface area contributed by atoms with Crippen molar-refractivity contribution in [2.45, 2.75) is 11.8 Å². The highest BCUT2D eigenvalue weighted by Crippen LogP contribution is 2.31. The van der Waals surface area contributed by atoms with E-state index >= 15 is 0 Å². The Labute approximate surface area is 89.5 Å². The van der Waals surface area contributed by atoms with E-state index in [9.17, 15) is 4.79 Å². The van der Waals surface area contributed by atoms with Crippen LogP contribution >= 0.6 is 27.7 Å². The third kappa shape index (κ3) is 2.06. The molecule has 0 saturated heterocycles. The highest BCUT2D eigenvalue weighted by Gasteiger charge is 2.12. The molecule has 0 aliphatic carbocycles. The van der Waals surface area contributed by atoms with Crippen molar-refractivity contribution in [1.82, 2.24) is 0 Å². The second kappa shape index (κ2) is 4.15. The number of thioether (sulfide) groups is 1. The first-order valence-electron chi connectivity index (χ1n) is 3.64. The normalized spacial score (nSPS) is 10.1. The van der Waals surface area contributed by atoms with Gasteiger partial charge in [-0.05, 0) is 40.7 Å². The summed E-state index contributed by atoms with van der Waals surface area (Å²) in [5.74, 6) is -0.901. The van der Waals surface area contributed by atoms with E-state index in [1.165, 1.54) is 0 Å². The number of carboxylic acid groups (broad SMARTS) is 1. The molecule has 1 N–H and O–H groups in total. The van der Waals surface area contributed by atoms with Crippen LogP contribution in [0.3, 0.4) is 0 Å². The van der Waals surface area contributed by atoms with Crippen molar-refractivity contribution < 1.29 is 9.90 Å². The molecule has 0 unspecified atom stereocenters. The number of carboxylic acids is 1. The standard InChI is InChI=1S/C9H9BrO2S/c1-5-3-4-6(9(11)12)7(10)8(5)13-2/h3-4H,1-2H3,(H,11,12). The van der Waals surface area contributed by atoms with Crippen LogP contribution in [-0.4, -0.2) is 17.3 Å². The minimum absolute atomic E-state index is 0.315. The molecular formula is C9H9BrO2S. The SMILES string of the molecule is CSc1c(C)ccc(C(=O)O)c1Br. The molecule has 1 aromatic carbocycles. The Morgan fingerprint density at radius 3 is 2.62 bits per heavy atom. The molecule has 0 aromatic heterocycles. The zero-order valence-electron chi connectivity index (χ0n) is 7.30. The molecular weight excluding hydrogens is 252 g/mol. The predicted octanol–water partition coefficient (Wildman–Crippen LogP) is 3.18. The molecule has 0 spiro atoms. The monoisotopic (exact) mass is 260 g/mol. The molecule has 0 atom stereocenters. The Kier molecular flexibility index (Phi) is 3.39. The van der Waals surface area contributed by atoms with E-state index in [1.807, 2.05) is 19.2 Å². The van der Waals surface area contributed by atoms with Crippen molar-refractivity contribution in [3.8, 4) is 0 Å². The molecule has 0 amide bonds. The van der Waals surface area contributed by atoms with E-state index in [0.717, 1.165) is 10.5 Å². The number of hydrogen-bond donors (Lipinski definition) is 1. The van der Waals surface area contributed by atoms with Crippen LogP contribution in [0.15, 0.2) is 21.5 Å². The maximum Gasteiger partial charge on any atom is 0.336 e. The van der Waals surface area contributed by atoms with Gasteiger partial charge in [-0.1, -0.05) is 6.07 Å². The van der Waals surface area contributed by atoms with Crippen LogP contribution in [-0.2, 0) is 0 Å². The van der Waals surface area contributed by atoms with Crippen LogP contribution in [0.25, 0.3) is 0 Å². The average Bonchev–Trinajstić information content (AvgIpc) is 2.04. The Hall–Kier alpha value is -0.480. The molecule has 0 heterocycles. The third-order valence-corrected chi connectivity index (χ3v) is 3.75. The smallest absolute Gasteiger partial charge is 0.336 e. The number of halogens is 1. The van der Waals surface area contributed by atoms with Gasteiger partial charge in [0.2, 0.25) is 0 Å². The van der Waals surface area contributed by atoms with E-state index in [1.54, 1.807) is 17.8 Å². The van der Waals surface area contributed by atoms with Crippen molar-refractivity contribution in [1.29, 1.82) is 0 Å². The Bertz CT molecular complexity index is 350. The molecule has 13 heavy (non-hydrogen) atoms. The van der Waals surface area contributed by atoms with Crippen molar-refractivity contribution in [2.24, 2.45) is 0 Å². The van der Waals surface area contributed by atoms with Crippen LogP contribution in [0.2, 0.25) is 0 Å². The molecule has 1 aromatic rings. The Morgan fingerprint density at radius 1 is 1.54 bits per heavy atom. The molecule has 0 aliphatic heterocycles. The summed E-state index contributed by atoms with van der Waals surface area (Å²) < 4.78 is 0.674. The van der Waals surface area contributed by atoms with Gasteiger partial charge in [-0.15, -0.1) is 11.8 Å². The van der Waals surface area contributed by atoms with Gasteiger partial charge in [-0.25, -0.2) is 4.79 Å². The lowest BCUT2D eigenvalue weighted by molar-refractivity contribution is 0.0695. The zero-order valence-corrected chi connectivity index (χ0v) is 9.70. The lowest BCUT2D eigenvalue weighted by Crippen LogP contribution is -1.99. The van der Waals surface area contributed by atoms with Gasteiger partial charge in [0.1, 0.15) is 0 Å². The Morgan fingerprint density at radius 2 is 2.15 bits per heavy atom. The fourth-order valence-electron chi connectivity index (χ4n) is 1.07. The largest absolute Gasteiger partial charge is 0.478 e. The molecule has 0 bridgehead atoms. The van der Waals surface area contributed by atoms with Crippen LogP contribution in [0.5, 0.6) is 0 Å². The van der Waals surface area contributed by atoms with Gasteiger partial charge in [-0.3, -0.25) is 0 Å². The highest BCUT2D eigenvalue weighted by molar-refractivity contribution is 9.10. The number of carbonyl (C=O) groups is 1. The second-order valence-electron chi connectivity index (χ2n) is 2.58. The summed E-state index contributed by atoms with van der Waals surface area (Å²) in [6.45, 7) is 1.96. The minimum atomic E-state index is -0.901. The van der Waals surface area contributed by atoms with Crippen molar-refractivity contribution in [3.63, 3.8) is 0 Å². The summed E-state index contributed by atoms with van der Waals surface area (Å²) in [4.78, 5) is 11.7. The van der Waals surface area contributed by atoms with Gasteiger partial charge in [0, 0.05) is 9.37 Å². The predicted molar refractivity (Wildman–Crippen MR) is 57.6 cm³/mol. The molecule has 1 rings (SSSR count). The molecule has 0 saturated carbocycles. The molecule has 0 aliphatic rings. The molecule has 70 valence electrons. The lowest BCUT2D eigenvalue weighted by atomic mass is 10.1. The number of rotatable bonds is 2. The lowest BCUT2D eigenvalue weighted by Gasteiger charge is -2.07. The summed E-state index contributed by atoms with van der Waals surface area (Å²) in [7, 11) is 0. The quantitative estimate of drug-likeness (QED) is 0.831. The first kappa shape index (κ1) is 10.6. The fourth-order valence-corrected chi connectivity index (χ4v) is 2.85. The first-order valence-corrected chi connectivity index (χ1v) is 5.66. The van der Waals surface area contributed by atoms with E-state index in [4.69, 9.17) is 5.11 Å². The van der Waals surface area contributed by atoms with Crippen LogP contribution < -0.4 is 0 Å². The Balaban J connectivity index is 3.35. The third-order valence-electron chi connectivity index (χ3n) is 1.73. The van der Waals surface area contributed by atoms with E-state index < -0.39 is 5.97 Å². The van der Waals surface area contributed by atoms with Crippen LogP contribution in [0.4, 0.5) is 0 Å². The van der Waals surface area contributed by atoms with Crippen LogP contribution in [0, 0.1) is 6.92 Å². The fraction of sp³-hybridized carbons (Fsp3) is 0.222. The van der Waals surface area contributed by atoms with Crippen LogP contribution in [0.1, 0.15) is 15.9 Å². The summed E-state index contributed by atoms with van der Waals surface area (Å²) in [5.41, 5.74) is 1.40. The summed E-state index contributed by atoms with van der Waals surface area (Å²) in [5, 5.41) is 8.84. The molecule has 0 radical (unpaired) electrons. The number of aromatic carboxylic acids is 1. The van der Waals surface area contributed by atoms with Gasteiger partial charge < -0.3 is 5.11 Å². The van der Waals surface area contributed by atoms with Crippen molar-refractivity contribution in [2.75, 3.05) is 6.26 Å². The highest BCUT2D eigenvalue weighted by atomic mass is 79.9. The van der Waals surface area contributed by atoms with Gasteiger partial charge in [0.15, 0.2) is 0 Å². The van der Waals surface area contributed by atoms with Crippen molar-refractivity contribution >= 4 is 33.7 Å². The number of hydrogen-bond acceptors (Lipinski definition) is 2. The second-order valence-corrected chi connectivity index (χ2v) is 4.19. The maximum absolute atomic E-state index is 10.8. The van der Waals surface area contributed by atoms with Crippen molar-refractivity contribution in [3.05, 3.63) is 27.7 Å². The molecule has 4 heteroatoms. The summed E-state index contributed by atoms with van der Waals surface area (Å²) >= 11 is 4.83. The zero-order chi connectivity index (χ0) is 10.0. The topological polar surface area (TPSA) is 37.3 Å². The average molecular weight is 261 g/mol. The molecule has 2 nitrogen and oxygen atoms in total. The van der Waals surface area contributed by atoms with E-state index in [2.05, 4.69) is 15.9 Å². The number of aryl methyl sites for hydroxylation is 1. The van der Waals surface area contributed by atoms with Gasteiger partial charge >= 0.3 is 5.97 Å². The van der Waals surface area contributed by atoms with Gasteiger partial charge in [0.05, 0.1) is 5.56 Å². The minimum Gasteiger partial charge on any atom is -0.478 e. The summed E-state index contributed by atoms with van der Waals surface area (Å²) in [6, 6.07) is 3.43. The first-order chi connectivity index (χ1) is 6.07. The summed E-state index contributed by atoms with van der Waals surface area (Å²) in [6.07, 6.45) is 1.93. The maximum atomic E-state index is 10.8. The van der Waals surface area contributed by atoms with Gasteiger partial charge in [0.25, 0.3) is 0 Å².